The molecule has 2 rings (SSSR count). The predicted octanol–water partition coefficient (Wildman–Crippen LogP) is 3.73. The molecular weight excluding hydrogens is 452 g/mol. The third kappa shape index (κ3) is 10.0. The van der Waals surface area contributed by atoms with Gasteiger partial charge in [-0.05, 0) is 37.0 Å². The number of hydrogen-bond acceptors (Lipinski definition) is 1. The number of halogens is 1. The Labute approximate surface area is 199 Å². The number of carboxylic acid groups (broad SMARTS) is 1. The maximum atomic E-state index is 11.6. The molecule has 0 amide bonds. The molecule has 174 valence electrons. The van der Waals surface area contributed by atoms with Crippen molar-refractivity contribution in [3.8, 4) is 5.69 Å². The number of nitrogens with zero attached hydrogens (tertiary/aromatic N) is 2. The van der Waals surface area contributed by atoms with Gasteiger partial charge < -0.3 is 22.1 Å². The molecule has 31 heavy (non-hydrogen) atoms. The summed E-state index contributed by atoms with van der Waals surface area (Å²) >= 11 is 0. The summed E-state index contributed by atoms with van der Waals surface area (Å²) in [5.74, 6) is -0.874. The molecule has 0 spiro atoms. The molecule has 4 nitrogen and oxygen atoms in total. The molecule has 5 heteroatoms. The van der Waals surface area contributed by atoms with Crippen LogP contribution in [0.2, 0.25) is 0 Å². The zero-order valence-electron chi connectivity index (χ0n) is 19.5. The van der Waals surface area contributed by atoms with E-state index in [4.69, 9.17) is 0 Å². The highest BCUT2D eigenvalue weighted by Crippen LogP contribution is 2.17. The van der Waals surface area contributed by atoms with Gasteiger partial charge in [0.2, 0.25) is 6.33 Å². The molecule has 0 aliphatic carbocycles. The zero-order valence-corrected chi connectivity index (χ0v) is 21.1. The third-order valence-corrected chi connectivity index (χ3v) is 5.94. The number of rotatable bonds is 16. The number of imidazole rings is 1. The Balaban J connectivity index is 0.00000480. The lowest BCUT2D eigenvalue weighted by molar-refractivity contribution is -0.696. The molecule has 0 atom stereocenters. The van der Waals surface area contributed by atoms with E-state index in [0.29, 0.717) is 5.56 Å². The minimum absolute atomic E-state index is 0. The molecule has 0 fully saturated rings. The second kappa shape index (κ2) is 16.1. The quantitative estimate of drug-likeness (QED) is 0.286. The first kappa shape index (κ1) is 27.4. The van der Waals surface area contributed by atoms with E-state index in [1.54, 1.807) is 6.07 Å². The lowest BCUT2D eigenvalue weighted by atomic mass is 10.1. The predicted molar refractivity (Wildman–Crippen MR) is 123 cm³/mol. The maximum Gasteiger partial charge on any atom is 0.340 e. The highest BCUT2D eigenvalue weighted by atomic mass is 79.9. The van der Waals surface area contributed by atoms with Crippen molar-refractivity contribution >= 4 is 5.97 Å². The minimum atomic E-state index is -0.874. The zero-order chi connectivity index (χ0) is 21.6. The van der Waals surface area contributed by atoms with Crippen LogP contribution in [-0.4, -0.2) is 15.6 Å². The van der Waals surface area contributed by atoms with Gasteiger partial charge in [-0.2, -0.15) is 0 Å². The van der Waals surface area contributed by atoms with Gasteiger partial charge >= 0.3 is 5.97 Å². The summed E-state index contributed by atoms with van der Waals surface area (Å²) in [4.78, 5) is 11.6. The molecule has 1 aromatic carbocycles. The number of benzene rings is 1. The largest absolute Gasteiger partial charge is 1.00 e. The third-order valence-electron chi connectivity index (χ3n) is 5.94. The monoisotopic (exact) mass is 492 g/mol. The van der Waals surface area contributed by atoms with E-state index in [1.165, 1.54) is 77.0 Å². The fraction of sp³-hybridized carbons (Fsp3) is 0.615. The Morgan fingerprint density at radius 1 is 0.903 bits per heavy atom. The van der Waals surface area contributed by atoms with Crippen molar-refractivity contribution in [1.29, 1.82) is 0 Å². The van der Waals surface area contributed by atoms with Gasteiger partial charge in [0.05, 0.1) is 6.54 Å². The maximum absolute atomic E-state index is 11.6. The lowest BCUT2D eigenvalue weighted by Gasteiger charge is -2.04. The van der Waals surface area contributed by atoms with E-state index in [0.717, 1.165) is 24.2 Å². The fourth-order valence-corrected chi connectivity index (χ4v) is 4.00. The molecule has 0 saturated heterocycles. The molecule has 2 aromatic rings. The van der Waals surface area contributed by atoms with Crippen LogP contribution in [0.4, 0.5) is 0 Å². The molecule has 0 saturated carbocycles. The first-order chi connectivity index (χ1) is 14.7. The molecule has 0 bridgehead atoms. The number of aromatic carboxylic acids is 1. The lowest BCUT2D eigenvalue weighted by Crippen LogP contribution is -3.00. The number of carbonyl (C=O) groups is 1. The first-order valence-electron chi connectivity index (χ1n) is 12.1. The second-order valence-electron chi connectivity index (χ2n) is 8.46. The van der Waals surface area contributed by atoms with Gasteiger partial charge in [-0.25, -0.2) is 13.9 Å². The molecule has 1 heterocycles. The van der Waals surface area contributed by atoms with Gasteiger partial charge in [-0.1, -0.05) is 84.1 Å². The number of unbranched alkanes of at least 4 members (excludes halogenated alkanes) is 11. The van der Waals surface area contributed by atoms with E-state index in [2.05, 4.69) is 11.5 Å². The Morgan fingerprint density at radius 2 is 1.48 bits per heavy atom. The van der Waals surface area contributed by atoms with Crippen molar-refractivity contribution in [1.82, 2.24) is 4.57 Å². The van der Waals surface area contributed by atoms with Crippen LogP contribution in [0.5, 0.6) is 0 Å². The average Bonchev–Trinajstić information content (AvgIpc) is 3.22. The van der Waals surface area contributed by atoms with Crippen molar-refractivity contribution in [3.05, 3.63) is 48.0 Å². The van der Waals surface area contributed by atoms with Crippen molar-refractivity contribution in [3.63, 3.8) is 0 Å². The fourth-order valence-electron chi connectivity index (χ4n) is 4.00. The van der Waals surface area contributed by atoms with Crippen LogP contribution in [0.3, 0.4) is 0 Å². The Morgan fingerprint density at radius 3 is 2.03 bits per heavy atom. The summed E-state index contributed by atoms with van der Waals surface area (Å²) in [6, 6.07) is 5.71. The normalized spacial score (nSPS) is 10.8. The molecule has 1 aromatic heterocycles. The topological polar surface area (TPSA) is 46.1 Å². The number of hydrogen-bond donors (Lipinski definition) is 1. The van der Waals surface area contributed by atoms with Gasteiger partial charge in [-0.15, -0.1) is 0 Å². The Hall–Kier alpha value is -1.62. The molecular formula is C26H41BrN2O2. The second-order valence-corrected chi connectivity index (χ2v) is 8.46. The minimum Gasteiger partial charge on any atom is -1.00 e. The first-order valence-corrected chi connectivity index (χ1v) is 12.1. The van der Waals surface area contributed by atoms with Gasteiger partial charge in [-0.3, -0.25) is 0 Å². The number of carboxylic acids is 1. The van der Waals surface area contributed by atoms with E-state index >= 15 is 0 Å². The van der Waals surface area contributed by atoms with Crippen LogP contribution in [0, 0.1) is 0 Å². The van der Waals surface area contributed by atoms with Crippen LogP contribution in [0.1, 0.15) is 107 Å². The average molecular weight is 494 g/mol. The van der Waals surface area contributed by atoms with E-state index < -0.39 is 5.97 Å². The summed E-state index contributed by atoms with van der Waals surface area (Å²) in [7, 11) is 0. The van der Waals surface area contributed by atoms with Crippen molar-refractivity contribution < 1.29 is 31.4 Å². The Kier molecular flexibility index (Phi) is 14.2. The van der Waals surface area contributed by atoms with Crippen LogP contribution in [0.25, 0.3) is 5.69 Å². The van der Waals surface area contributed by atoms with Crippen LogP contribution in [-0.2, 0) is 13.0 Å². The highest BCUT2D eigenvalue weighted by Gasteiger charge is 2.17. The molecule has 0 radical (unpaired) electrons. The van der Waals surface area contributed by atoms with Gasteiger partial charge in [0.25, 0.3) is 0 Å². The number of aromatic nitrogens is 2. The van der Waals surface area contributed by atoms with Crippen LogP contribution < -0.4 is 21.5 Å². The molecule has 1 N–H and O–H groups in total. The molecule has 0 aliphatic heterocycles. The van der Waals surface area contributed by atoms with Gasteiger partial charge in [0.15, 0.2) is 0 Å². The summed E-state index contributed by atoms with van der Waals surface area (Å²) < 4.78 is 4.08. The van der Waals surface area contributed by atoms with E-state index in [9.17, 15) is 9.90 Å². The Bertz CT molecular complexity index is 758. The summed E-state index contributed by atoms with van der Waals surface area (Å²) in [6.45, 7) is 5.30. The van der Waals surface area contributed by atoms with Crippen LogP contribution in [0.15, 0.2) is 36.9 Å². The number of aryl methyl sites for hydroxylation is 2. The van der Waals surface area contributed by atoms with Crippen molar-refractivity contribution in [2.75, 3.05) is 0 Å². The van der Waals surface area contributed by atoms with Crippen LogP contribution >= 0.6 is 0 Å². The standard InChI is InChI=1S/C26H40N2O2.BrH/c1-3-5-6-7-8-9-10-11-12-13-14-15-18-27-19-20-28(22-27)25-17-16-23(4-2)21-24(25)26(29)30;/h16-17,19-22H,3-15,18H2,1-2H3;1H. The molecule has 0 aliphatic rings. The van der Waals surface area contributed by atoms with Gasteiger partial charge in [0.1, 0.15) is 23.6 Å². The van der Waals surface area contributed by atoms with Crippen molar-refractivity contribution in [2.45, 2.75) is 104 Å². The summed E-state index contributed by atoms with van der Waals surface area (Å²) in [6.07, 6.45) is 23.1. The van der Waals surface area contributed by atoms with E-state index in [-0.39, 0.29) is 17.0 Å². The van der Waals surface area contributed by atoms with E-state index in [1.807, 2.05) is 42.3 Å². The summed E-state index contributed by atoms with van der Waals surface area (Å²) in [5.41, 5.74) is 2.14. The SMILES string of the molecule is CCCCCCCCCCCCCC[n+]1ccn(-c2ccc(CC)cc2C(=O)O)c1.[Br-]. The molecule has 0 unspecified atom stereocenters. The smallest absolute Gasteiger partial charge is 0.340 e. The van der Waals surface area contributed by atoms with Gasteiger partial charge in [0, 0.05) is 0 Å². The van der Waals surface area contributed by atoms with Crippen molar-refractivity contribution in [2.24, 2.45) is 0 Å². The highest BCUT2D eigenvalue weighted by molar-refractivity contribution is 5.92. The summed E-state index contributed by atoms with van der Waals surface area (Å²) in [5, 5.41) is 9.56.